The summed E-state index contributed by atoms with van der Waals surface area (Å²) in [6, 6.07) is 0. The van der Waals surface area contributed by atoms with Crippen molar-refractivity contribution in [3.63, 3.8) is 0 Å². The number of aliphatic hydroxyl groups is 1. The third-order valence-corrected chi connectivity index (χ3v) is 8.30. The Morgan fingerprint density at radius 1 is 0.610 bits per heavy atom. The summed E-state index contributed by atoms with van der Waals surface area (Å²) >= 11 is 0. The number of carbonyl (C=O) groups is 1. The van der Waals surface area contributed by atoms with E-state index in [1.807, 2.05) is 0 Å². The van der Waals surface area contributed by atoms with Crippen molar-refractivity contribution in [1.82, 2.24) is 4.90 Å². The molecule has 0 heterocycles. The minimum absolute atomic E-state index is 0.0311. The standard InChI is InChI=1S/C37H73NO3/c1-4-7-10-13-16-21-26-32-38(34-28-35-39)33-27-22-17-20-25-31-37(40)41-36(29-23-18-14-11-8-5-2)30-24-19-15-12-9-6-3/h21,26,36,39H,4-20,22-25,27-35H2,1-3H3/b26-21+. The van der Waals surface area contributed by atoms with Crippen LogP contribution in [-0.4, -0.2) is 48.3 Å². The van der Waals surface area contributed by atoms with Crippen molar-refractivity contribution in [3.8, 4) is 0 Å². The van der Waals surface area contributed by atoms with Crippen LogP contribution in [0, 0.1) is 0 Å². The number of rotatable bonds is 33. The van der Waals surface area contributed by atoms with Gasteiger partial charge in [-0.25, -0.2) is 0 Å². The summed E-state index contributed by atoms with van der Waals surface area (Å²) in [6.07, 6.45) is 36.0. The Kier molecular flexibility index (Phi) is 32.9. The number of carbonyl (C=O) groups excluding carboxylic acids is 1. The topological polar surface area (TPSA) is 49.8 Å². The van der Waals surface area contributed by atoms with Gasteiger partial charge in [0.05, 0.1) is 0 Å². The van der Waals surface area contributed by atoms with Gasteiger partial charge in [0, 0.05) is 26.1 Å². The molecule has 0 aliphatic carbocycles. The van der Waals surface area contributed by atoms with Crippen LogP contribution >= 0.6 is 0 Å². The first-order valence-corrected chi connectivity index (χ1v) is 18.4. The maximum absolute atomic E-state index is 12.6. The largest absolute Gasteiger partial charge is 0.462 e. The fourth-order valence-corrected chi connectivity index (χ4v) is 5.57. The van der Waals surface area contributed by atoms with E-state index < -0.39 is 0 Å². The van der Waals surface area contributed by atoms with Gasteiger partial charge < -0.3 is 9.84 Å². The van der Waals surface area contributed by atoms with E-state index in [0.717, 1.165) is 51.7 Å². The van der Waals surface area contributed by atoms with Crippen molar-refractivity contribution in [2.75, 3.05) is 26.2 Å². The summed E-state index contributed by atoms with van der Waals surface area (Å²) in [6.45, 7) is 10.1. The fraction of sp³-hybridized carbons (Fsp3) is 0.919. The first-order valence-electron chi connectivity index (χ1n) is 18.4. The SMILES string of the molecule is CCCCCC/C=C/CN(CCCO)CCCCCCCC(=O)OC(CCCCCCCC)CCCCCCCC. The minimum Gasteiger partial charge on any atom is -0.462 e. The maximum atomic E-state index is 12.6. The number of nitrogens with zero attached hydrogens (tertiary/aromatic N) is 1. The lowest BCUT2D eigenvalue weighted by Crippen LogP contribution is -2.26. The third kappa shape index (κ3) is 30.4. The van der Waals surface area contributed by atoms with E-state index >= 15 is 0 Å². The molecule has 0 radical (unpaired) electrons. The molecule has 0 saturated carbocycles. The van der Waals surface area contributed by atoms with Gasteiger partial charge in [0.25, 0.3) is 0 Å². The molecular formula is C37H73NO3. The molecule has 0 aliphatic rings. The molecule has 4 heteroatoms. The Bertz CT molecular complexity index is 534. The number of unbranched alkanes of at least 4 members (excludes halogenated alkanes) is 18. The molecule has 0 aliphatic heterocycles. The Labute approximate surface area is 257 Å². The van der Waals surface area contributed by atoms with Crippen LogP contribution in [0.15, 0.2) is 12.2 Å². The van der Waals surface area contributed by atoms with E-state index in [9.17, 15) is 9.90 Å². The zero-order chi connectivity index (χ0) is 30.1. The van der Waals surface area contributed by atoms with Gasteiger partial charge in [-0.05, 0) is 64.3 Å². The smallest absolute Gasteiger partial charge is 0.306 e. The highest BCUT2D eigenvalue weighted by molar-refractivity contribution is 5.69. The Hall–Kier alpha value is -0.870. The molecule has 0 spiro atoms. The fourth-order valence-electron chi connectivity index (χ4n) is 5.57. The summed E-state index contributed by atoms with van der Waals surface area (Å²) < 4.78 is 6.00. The molecule has 0 saturated heterocycles. The predicted molar refractivity (Wildman–Crippen MR) is 180 cm³/mol. The van der Waals surface area contributed by atoms with Crippen LogP contribution in [0.3, 0.4) is 0 Å². The van der Waals surface area contributed by atoms with Crippen LogP contribution in [0.2, 0.25) is 0 Å². The lowest BCUT2D eigenvalue weighted by molar-refractivity contribution is -0.150. The quantitative estimate of drug-likeness (QED) is 0.0477. The van der Waals surface area contributed by atoms with E-state index in [1.165, 1.54) is 128 Å². The van der Waals surface area contributed by atoms with Crippen molar-refractivity contribution in [2.24, 2.45) is 0 Å². The average Bonchev–Trinajstić information content (AvgIpc) is 2.97. The number of hydrogen-bond acceptors (Lipinski definition) is 4. The predicted octanol–water partition coefficient (Wildman–Crippen LogP) is 11.0. The van der Waals surface area contributed by atoms with Crippen LogP contribution in [0.1, 0.15) is 188 Å². The molecule has 0 amide bonds. The molecule has 244 valence electrons. The van der Waals surface area contributed by atoms with Crippen LogP contribution in [0.25, 0.3) is 0 Å². The number of allylic oxidation sites excluding steroid dienone is 1. The first-order chi connectivity index (χ1) is 20.2. The highest BCUT2D eigenvalue weighted by Crippen LogP contribution is 2.18. The number of aliphatic hydroxyl groups excluding tert-OH is 1. The second kappa shape index (κ2) is 33.6. The van der Waals surface area contributed by atoms with Gasteiger partial charge >= 0.3 is 5.97 Å². The maximum Gasteiger partial charge on any atom is 0.306 e. The van der Waals surface area contributed by atoms with E-state index in [0.29, 0.717) is 6.42 Å². The van der Waals surface area contributed by atoms with Crippen molar-refractivity contribution in [2.45, 2.75) is 194 Å². The van der Waals surface area contributed by atoms with Gasteiger partial charge in [0.15, 0.2) is 0 Å². The zero-order valence-corrected chi connectivity index (χ0v) is 28.2. The third-order valence-electron chi connectivity index (χ3n) is 8.30. The monoisotopic (exact) mass is 580 g/mol. The molecule has 1 N–H and O–H groups in total. The van der Waals surface area contributed by atoms with E-state index in [1.54, 1.807) is 0 Å². The van der Waals surface area contributed by atoms with Gasteiger partial charge in [-0.2, -0.15) is 0 Å². The summed E-state index contributed by atoms with van der Waals surface area (Å²) in [5, 5.41) is 9.26. The van der Waals surface area contributed by atoms with Crippen molar-refractivity contribution < 1.29 is 14.6 Å². The molecule has 0 aromatic carbocycles. The lowest BCUT2D eigenvalue weighted by Gasteiger charge is -2.20. The summed E-state index contributed by atoms with van der Waals surface area (Å²) in [5.74, 6) is 0.0311. The molecular weight excluding hydrogens is 506 g/mol. The zero-order valence-electron chi connectivity index (χ0n) is 28.2. The molecule has 0 aromatic heterocycles. The molecule has 41 heavy (non-hydrogen) atoms. The summed E-state index contributed by atoms with van der Waals surface area (Å²) in [7, 11) is 0. The Morgan fingerprint density at radius 3 is 1.68 bits per heavy atom. The van der Waals surface area contributed by atoms with Gasteiger partial charge in [-0.15, -0.1) is 0 Å². The number of hydrogen-bond donors (Lipinski definition) is 1. The molecule has 0 unspecified atom stereocenters. The van der Waals surface area contributed by atoms with Crippen LogP contribution in [-0.2, 0) is 9.53 Å². The number of ether oxygens (including phenoxy) is 1. The van der Waals surface area contributed by atoms with E-state index in [4.69, 9.17) is 4.74 Å². The van der Waals surface area contributed by atoms with Crippen LogP contribution in [0.5, 0.6) is 0 Å². The molecule has 0 bridgehead atoms. The summed E-state index contributed by atoms with van der Waals surface area (Å²) in [4.78, 5) is 15.1. The van der Waals surface area contributed by atoms with E-state index in [-0.39, 0.29) is 18.7 Å². The Morgan fingerprint density at radius 2 is 1.10 bits per heavy atom. The van der Waals surface area contributed by atoms with Gasteiger partial charge in [0.1, 0.15) is 6.10 Å². The highest BCUT2D eigenvalue weighted by Gasteiger charge is 2.14. The Balaban J connectivity index is 4.14. The molecule has 4 nitrogen and oxygen atoms in total. The molecule has 0 atom stereocenters. The number of esters is 1. The van der Waals surface area contributed by atoms with E-state index in [2.05, 4.69) is 37.8 Å². The second-order valence-corrected chi connectivity index (χ2v) is 12.4. The first kappa shape index (κ1) is 40.1. The van der Waals surface area contributed by atoms with Gasteiger partial charge in [-0.3, -0.25) is 9.69 Å². The molecule has 0 fully saturated rings. The lowest BCUT2D eigenvalue weighted by atomic mass is 10.0. The second-order valence-electron chi connectivity index (χ2n) is 12.4. The average molecular weight is 580 g/mol. The van der Waals surface area contributed by atoms with Crippen LogP contribution < -0.4 is 0 Å². The summed E-state index contributed by atoms with van der Waals surface area (Å²) in [5.41, 5.74) is 0. The highest BCUT2D eigenvalue weighted by atomic mass is 16.5. The van der Waals surface area contributed by atoms with Crippen LogP contribution in [0.4, 0.5) is 0 Å². The van der Waals surface area contributed by atoms with Crippen molar-refractivity contribution >= 4 is 5.97 Å². The minimum atomic E-state index is 0.0311. The molecule has 0 rings (SSSR count). The normalized spacial score (nSPS) is 11.9. The van der Waals surface area contributed by atoms with Gasteiger partial charge in [-0.1, -0.05) is 136 Å². The van der Waals surface area contributed by atoms with Crippen molar-refractivity contribution in [3.05, 3.63) is 12.2 Å². The van der Waals surface area contributed by atoms with Gasteiger partial charge in [0.2, 0.25) is 0 Å². The molecule has 0 aromatic rings. The van der Waals surface area contributed by atoms with Crippen molar-refractivity contribution in [1.29, 1.82) is 0 Å².